The Hall–Kier alpha value is -1.09. The lowest BCUT2D eigenvalue weighted by molar-refractivity contribution is -0.123. The van der Waals surface area contributed by atoms with Crippen molar-refractivity contribution in [2.24, 2.45) is 5.92 Å². The predicted molar refractivity (Wildman–Crippen MR) is 106 cm³/mol. The number of rotatable bonds is 7. The number of amides is 2. The van der Waals surface area contributed by atoms with Gasteiger partial charge in [0.15, 0.2) is 0 Å². The molecule has 0 saturated carbocycles. The van der Waals surface area contributed by atoms with Crippen molar-refractivity contribution in [2.45, 2.75) is 24.5 Å². The van der Waals surface area contributed by atoms with Crippen LogP contribution in [0, 0.1) is 5.92 Å². The normalized spacial score (nSPS) is 18.3. The van der Waals surface area contributed by atoms with Crippen molar-refractivity contribution in [3.8, 4) is 0 Å². The summed E-state index contributed by atoms with van der Waals surface area (Å²) in [6.07, 6.45) is 1.01. The van der Waals surface area contributed by atoms with Crippen LogP contribution in [0.3, 0.4) is 0 Å². The van der Waals surface area contributed by atoms with E-state index in [-0.39, 0.29) is 18.4 Å². The van der Waals surface area contributed by atoms with Crippen molar-refractivity contribution in [3.05, 3.63) is 10.9 Å². The van der Waals surface area contributed by atoms with Crippen molar-refractivity contribution in [1.29, 1.82) is 0 Å². The number of thiophene rings is 1. The van der Waals surface area contributed by atoms with Gasteiger partial charge in [0.2, 0.25) is 11.8 Å². The number of anilines is 1. The molecule has 3 heterocycles. The maximum Gasteiger partial charge on any atom is 0.240 e. The summed E-state index contributed by atoms with van der Waals surface area (Å²) in [5.41, 5.74) is 0.912. The first-order chi connectivity index (χ1) is 12.5. The second-order valence-corrected chi connectivity index (χ2v) is 9.44. The summed E-state index contributed by atoms with van der Waals surface area (Å²) in [4.78, 5) is 29.9. The molecule has 3 rings (SSSR count). The largest absolute Gasteiger partial charge is 0.379 e. The molecular weight excluding hydrogens is 370 g/mol. The summed E-state index contributed by atoms with van der Waals surface area (Å²) >= 11 is 3.34. The molecular formula is C18H27N3O3S2. The summed E-state index contributed by atoms with van der Waals surface area (Å²) in [6.45, 7) is 9.25. The zero-order valence-corrected chi connectivity index (χ0v) is 17.1. The van der Waals surface area contributed by atoms with E-state index in [1.54, 1.807) is 28.0 Å². The average molecular weight is 398 g/mol. The van der Waals surface area contributed by atoms with Crippen LogP contribution in [0.25, 0.3) is 0 Å². The van der Waals surface area contributed by atoms with Gasteiger partial charge in [-0.05, 0) is 18.4 Å². The lowest BCUT2D eigenvalue weighted by Crippen LogP contribution is -2.45. The first kappa shape index (κ1) is 19.7. The predicted octanol–water partition coefficient (Wildman–Crippen LogP) is 1.83. The molecule has 0 aliphatic carbocycles. The van der Waals surface area contributed by atoms with Crippen LogP contribution in [-0.2, 0) is 20.7 Å². The van der Waals surface area contributed by atoms with Gasteiger partial charge in [-0.3, -0.25) is 14.5 Å². The molecule has 2 amide bonds. The molecule has 2 aliphatic heterocycles. The Kier molecular flexibility index (Phi) is 6.97. The van der Waals surface area contributed by atoms with Gasteiger partial charge in [0.25, 0.3) is 0 Å². The van der Waals surface area contributed by atoms with Crippen LogP contribution in [0.2, 0.25) is 0 Å². The minimum Gasteiger partial charge on any atom is -0.379 e. The highest BCUT2D eigenvalue weighted by Crippen LogP contribution is 2.42. The standard InChI is InChI=1S/C18H27N3O3S2/c1-13(2)9-14-10-15-18(26-14)25-12-17(23)21(15)11-16(22)19-3-4-20-5-7-24-8-6-20/h10,13H,3-9,11-12H2,1-2H3,(H,19,22). The van der Waals surface area contributed by atoms with Crippen LogP contribution >= 0.6 is 23.1 Å². The van der Waals surface area contributed by atoms with E-state index in [2.05, 4.69) is 30.1 Å². The van der Waals surface area contributed by atoms with E-state index in [1.165, 1.54) is 4.88 Å². The molecule has 2 aliphatic rings. The van der Waals surface area contributed by atoms with Crippen molar-refractivity contribution in [2.75, 3.05) is 56.6 Å². The fourth-order valence-corrected chi connectivity index (χ4v) is 5.66. The minimum atomic E-state index is -0.0962. The van der Waals surface area contributed by atoms with Crippen LogP contribution < -0.4 is 10.2 Å². The smallest absolute Gasteiger partial charge is 0.240 e. The molecule has 1 N–H and O–H groups in total. The summed E-state index contributed by atoms with van der Waals surface area (Å²) in [6, 6.07) is 2.09. The number of thioether (sulfide) groups is 1. The Morgan fingerprint density at radius 1 is 1.35 bits per heavy atom. The first-order valence-corrected chi connectivity index (χ1v) is 11.0. The van der Waals surface area contributed by atoms with Crippen LogP contribution in [-0.4, -0.2) is 68.4 Å². The monoisotopic (exact) mass is 397 g/mol. The Bertz CT molecular complexity index is 642. The number of fused-ring (bicyclic) bond motifs is 1. The van der Waals surface area contributed by atoms with E-state index in [9.17, 15) is 9.59 Å². The van der Waals surface area contributed by atoms with Crippen LogP contribution in [0.15, 0.2) is 10.3 Å². The van der Waals surface area contributed by atoms with Gasteiger partial charge in [0.05, 0.1) is 28.9 Å². The van der Waals surface area contributed by atoms with E-state index >= 15 is 0 Å². The molecule has 8 heteroatoms. The second-order valence-electron chi connectivity index (χ2n) is 7.06. The highest BCUT2D eigenvalue weighted by Gasteiger charge is 2.28. The summed E-state index contributed by atoms with van der Waals surface area (Å²) in [5, 5.41) is 2.95. The molecule has 0 aromatic carbocycles. The number of nitrogens with zero attached hydrogens (tertiary/aromatic N) is 2. The molecule has 26 heavy (non-hydrogen) atoms. The van der Waals surface area contributed by atoms with E-state index in [4.69, 9.17) is 4.74 Å². The summed E-state index contributed by atoms with van der Waals surface area (Å²) < 4.78 is 6.48. The lowest BCUT2D eigenvalue weighted by Gasteiger charge is -2.27. The van der Waals surface area contributed by atoms with Gasteiger partial charge in [-0.2, -0.15) is 0 Å². The van der Waals surface area contributed by atoms with Crippen molar-refractivity contribution < 1.29 is 14.3 Å². The fourth-order valence-electron chi connectivity index (χ4n) is 3.10. The SMILES string of the molecule is CC(C)Cc1cc2c(s1)SCC(=O)N2CC(=O)NCCN1CCOCC1. The molecule has 6 nitrogen and oxygen atoms in total. The lowest BCUT2D eigenvalue weighted by atomic mass is 10.1. The number of hydrogen-bond donors (Lipinski definition) is 1. The van der Waals surface area contributed by atoms with Gasteiger partial charge in [0.1, 0.15) is 6.54 Å². The third-order valence-electron chi connectivity index (χ3n) is 4.41. The van der Waals surface area contributed by atoms with Gasteiger partial charge in [-0.15, -0.1) is 23.1 Å². The molecule has 1 fully saturated rings. The van der Waals surface area contributed by atoms with E-state index < -0.39 is 0 Å². The summed E-state index contributed by atoms with van der Waals surface area (Å²) in [7, 11) is 0. The Morgan fingerprint density at radius 2 is 2.12 bits per heavy atom. The number of carbonyl (C=O) groups excluding carboxylic acids is 2. The third kappa shape index (κ3) is 5.22. The van der Waals surface area contributed by atoms with Gasteiger partial charge in [-0.1, -0.05) is 13.8 Å². The average Bonchev–Trinajstić information content (AvgIpc) is 3.00. The van der Waals surface area contributed by atoms with Crippen molar-refractivity contribution >= 4 is 40.6 Å². The first-order valence-electron chi connectivity index (χ1n) is 9.15. The number of morpholine rings is 1. The third-order valence-corrected chi connectivity index (χ3v) is 6.82. The Balaban J connectivity index is 1.54. The molecule has 1 aromatic heterocycles. The Labute approximate surface area is 163 Å². The number of nitrogens with one attached hydrogen (secondary N) is 1. The van der Waals surface area contributed by atoms with E-state index in [1.807, 2.05) is 0 Å². The van der Waals surface area contributed by atoms with Crippen molar-refractivity contribution in [1.82, 2.24) is 10.2 Å². The molecule has 0 unspecified atom stereocenters. The van der Waals surface area contributed by atoms with Gasteiger partial charge in [-0.25, -0.2) is 0 Å². The second kappa shape index (κ2) is 9.21. The quantitative estimate of drug-likeness (QED) is 0.761. The van der Waals surface area contributed by atoms with Crippen molar-refractivity contribution in [3.63, 3.8) is 0 Å². The molecule has 0 bridgehead atoms. The molecule has 0 atom stereocenters. The van der Waals surface area contributed by atoms with E-state index in [0.717, 1.165) is 49.2 Å². The minimum absolute atomic E-state index is 0.0136. The van der Waals surface area contributed by atoms with Gasteiger partial charge in [0, 0.05) is 31.1 Å². The van der Waals surface area contributed by atoms with E-state index in [0.29, 0.717) is 18.2 Å². The zero-order valence-electron chi connectivity index (χ0n) is 15.5. The van der Waals surface area contributed by atoms with Crippen LogP contribution in [0.4, 0.5) is 5.69 Å². The van der Waals surface area contributed by atoms with Gasteiger partial charge < -0.3 is 15.0 Å². The topological polar surface area (TPSA) is 61.9 Å². The Morgan fingerprint density at radius 3 is 2.85 bits per heavy atom. The number of hydrogen-bond acceptors (Lipinski definition) is 6. The maximum atomic E-state index is 12.4. The molecule has 1 aromatic rings. The zero-order chi connectivity index (χ0) is 18.5. The molecule has 0 spiro atoms. The van der Waals surface area contributed by atoms with Gasteiger partial charge >= 0.3 is 0 Å². The fraction of sp³-hybridized carbons (Fsp3) is 0.667. The maximum absolute atomic E-state index is 12.4. The number of carbonyl (C=O) groups is 2. The molecule has 0 radical (unpaired) electrons. The molecule has 1 saturated heterocycles. The molecule has 144 valence electrons. The highest BCUT2D eigenvalue weighted by atomic mass is 32.2. The number of ether oxygens (including phenoxy) is 1. The highest BCUT2D eigenvalue weighted by molar-refractivity contribution is 8.02. The van der Waals surface area contributed by atoms with Crippen LogP contribution in [0.1, 0.15) is 18.7 Å². The van der Waals surface area contributed by atoms with Crippen LogP contribution in [0.5, 0.6) is 0 Å². The summed E-state index contributed by atoms with van der Waals surface area (Å²) in [5.74, 6) is 0.906.